The van der Waals surface area contributed by atoms with Crippen LogP contribution in [-0.2, 0) is 14.3 Å². The highest BCUT2D eigenvalue weighted by Gasteiger charge is 2.18. The molecule has 19 heavy (non-hydrogen) atoms. The minimum Gasteiger partial charge on any atom is -0.482 e. The Bertz CT molecular complexity index is 519. The summed E-state index contributed by atoms with van der Waals surface area (Å²) in [7, 11) is 0. The lowest BCUT2D eigenvalue weighted by molar-refractivity contribution is -0.139. The van der Waals surface area contributed by atoms with E-state index in [1.165, 1.54) is 11.8 Å². The van der Waals surface area contributed by atoms with Crippen LogP contribution in [-0.4, -0.2) is 30.8 Å². The van der Waals surface area contributed by atoms with E-state index in [0.717, 1.165) is 0 Å². The normalized spacial score (nSPS) is 13.2. The molecular weight excluding hydrogens is 268 g/mol. The van der Waals surface area contributed by atoms with Crippen LogP contribution < -0.4 is 15.8 Å². The van der Waals surface area contributed by atoms with E-state index < -0.39 is 0 Å². The number of carbonyl (C=O) groups is 2. The SMILES string of the molecule is CCOC(=O)CSc1cc2c(cc1N)OCC(=O)N2. The number of anilines is 2. The van der Waals surface area contributed by atoms with E-state index in [2.05, 4.69) is 5.32 Å². The molecule has 102 valence electrons. The number of hydrogen-bond donors (Lipinski definition) is 2. The molecule has 0 spiro atoms. The summed E-state index contributed by atoms with van der Waals surface area (Å²) >= 11 is 1.26. The van der Waals surface area contributed by atoms with Crippen LogP contribution in [0.2, 0.25) is 0 Å². The van der Waals surface area contributed by atoms with Gasteiger partial charge in [-0.3, -0.25) is 9.59 Å². The number of nitrogen functional groups attached to an aromatic ring is 1. The van der Waals surface area contributed by atoms with Crippen LogP contribution in [0.1, 0.15) is 6.92 Å². The van der Waals surface area contributed by atoms with E-state index >= 15 is 0 Å². The Morgan fingerprint density at radius 2 is 2.37 bits per heavy atom. The van der Waals surface area contributed by atoms with Gasteiger partial charge in [-0.2, -0.15) is 0 Å². The third kappa shape index (κ3) is 3.31. The molecule has 1 heterocycles. The minimum atomic E-state index is -0.301. The number of hydrogen-bond acceptors (Lipinski definition) is 6. The predicted octanol–water partition coefficient (Wildman–Crippen LogP) is 1.25. The van der Waals surface area contributed by atoms with Crippen LogP contribution >= 0.6 is 11.8 Å². The summed E-state index contributed by atoms with van der Waals surface area (Å²) in [6.07, 6.45) is 0. The molecular formula is C12H14N2O4S. The van der Waals surface area contributed by atoms with Crippen molar-refractivity contribution in [3.63, 3.8) is 0 Å². The van der Waals surface area contributed by atoms with Gasteiger partial charge in [0.2, 0.25) is 0 Å². The first-order chi connectivity index (χ1) is 9.10. The Morgan fingerprint density at radius 3 is 3.11 bits per heavy atom. The molecule has 1 aromatic rings. The Morgan fingerprint density at radius 1 is 1.58 bits per heavy atom. The summed E-state index contributed by atoms with van der Waals surface area (Å²) in [5.41, 5.74) is 6.94. The lowest BCUT2D eigenvalue weighted by Crippen LogP contribution is -2.25. The Hall–Kier alpha value is -1.89. The summed E-state index contributed by atoms with van der Waals surface area (Å²) in [5, 5.41) is 2.69. The number of amides is 1. The number of fused-ring (bicyclic) bond motifs is 1. The van der Waals surface area contributed by atoms with Crippen molar-refractivity contribution in [1.29, 1.82) is 0 Å². The Labute approximate surface area is 114 Å². The maximum Gasteiger partial charge on any atom is 0.316 e. The molecule has 7 heteroatoms. The molecule has 1 amide bonds. The van der Waals surface area contributed by atoms with Gasteiger partial charge in [-0.1, -0.05) is 0 Å². The van der Waals surface area contributed by atoms with Crippen LogP contribution in [0, 0.1) is 0 Å². The number of nitrogens with one attached hydrogen (secondary N) is 1. The fraction of sp³-hybridized carbons (Fsp3) is 0.333. The van der Waals surface area contributed by atoms with Crippen LogP contribution in [0.4, 0.5) is 11.4 Å². The average Bonchev–Trinajstić information content (AvgIpc) is 2.37. The second-order valence-corrected chi connectivity index (χ2v) is 4.83. The first-order valence-electron chi connectivity index (χ1n) is 5.74. The monoisotopic (exact) mass is 282 g/mol. The van der Waals surface area contributed by atoms with Crippen LogP contribution in [0.3, 0.4) is 0 Å². The number of benzene rings is 1. The molecule has 1 aliphatic heterocycles. The first kappa shape index (κ1) is 13.5. The molecule has 3 N–H and O–H groups in total. The van der Waals surface area contributed by atoms with Crippen LogP contribution in [0.5, 0.6) is 5.75 Å². The largest absolute Gasteiger partial charge is 0.482 e. The highest BCUT2D eigenvalue weighted by Crippen LogP contribution is 2.36. The second-order valence-electron chi connectivity index (χ2n) is 3.82. The topological polar surface area (TPSA) is 90.7 Å². The summed E-state index contributed by atoms with van der Waals surface area (Å²) in [4.78, 5) is 23.2. The first-order valence-corrected chi connectivity index (χ1v) is 6.73. The van der Waals surface area contributed by atoms with Gasteiger partial charge >= 0.3 is 5.97 Å². The zero-order chi connectivity index (χ0) is 13.8. The Balaban J connectivity index is 2.11. The maximum absolute atomic E-state index is 11.3. The smallest absolute Gasteiger partial charge is 0.316 e. The minimum absolute atomic E-state index is 0.0121. The van der Waals surface area contributed by atoms with E-state index in [9.17, 15) is 9.59 Å². The van der Waals surface area contributed by atoms with E-state index in [1.54, 1.807) is 19.1 Å². The van der Waals surface area contributed by atoms with E-state index in [4.69, 9.17) is 15.2 Å². The van der Waals surface area contributed by atoms with Gasteiger partial charge < -0.3 is 20.5 Å². The fourth-order valence-corrected chi connectivity index (χ4v) is 2.37. The van der Waals surface area contributed by atoms with E-state index in [-0.39, 0.29) is 24.2 Å². The molecule has 0 atom stereocenters. The lowest BCUT2D eigenvalue weighted by atomic mass is 10.2. The molecule has 0 radical (unpaired) electrons. The number of carbonyl (C=O) groups excluding carboxylic acids is 2. The quantitative estimate of drug-likeness (QED) is 0.491. The molecule has 0 unspecified atom stereocenters. The molecule has 6 nitrogen and oxygen atoms in total. The van der Waals surface area contributed by atoms with E-state index in [0.29, 0.717) is 28.6 Å². The number of thioether (sulfide) groups is 1. The zero-order valence-electron chi connectivity index (χ0n) is 10.4. The van der Waals surface area contributed by atoms with Crippen molar-refractivity contribution in [2.24, 2.45) is 0 Å². The molecule has 0 saturated heterocycles. The van der Waals surface area contributed by atoms with Gasteiger partial charge in [-0.25, -0.2) is 0 Å². The number of ether oxygens (including phenoxy) is 2. The molecule has 0 aliphatic carbocycles. The van der Waals surface area contributed by atoms with Gasteiger partial charge in [0.05, 0.1) is 18.0 Å². The van der Waals surface area contributed by atoms with Crippen molar-refractivity contribution >= 4 is 35.0 Å². The van der Waals surface area contributed by atoms with E-state index in [1.807, 2.05) is 0 Å². The van der Waals surface area contributed by atoms with Gasteiger partial charge in [0.1, 0.15) is 5.75 Å². The molecule has 2 rings (SSSR count). The van der Waals surface area contributed by atoms with Crippen molar-refractivity contribution in [2.45, 2.75) is 11.8 Å². The van der Waals surface area contributed by atoms with Crippen molar-refractivity contribution in [1.82, 2.24) is 0 Å². The van der Waals surface area contributed by atoms with Gasteiger partial charge in [-0.05, 0) is 13.0 Å². The van der Waals surface area contributed by atoms with Gasteiger partial charge in [0.15, 0.2) is 6.61 Å². The number of esters is 1. The molecule has 1 aromatic carbocycles. The van der Waals surface area contributed by atoms with Crippen molar-refractivity contribution in [3.8, 4) is 5.75 Å². The summed E-state index contributed by atoms with van der Waals surface area (Å²) in [6.45, 7) is 2.09. The summed E-state index contributed by atoms with van der Waals surface area (Å²) in [6, 6.07) is 3.34. The highest BCUT2D eigenvalue weighted by molar-refractivity contribution is 8.00. The predicted molar refractivity (Wildman–Crippen MR) is 72.3 cm³/mol. The lowest BCUT2D eigenvalue weighted by Gasteiger charge is -2.19. The Kier molecular flexibility index (Phi) is 4.16. The van der Waals surface area contributed by atoms with Crippen molar-refractivity contribution < 1.29 is 19.1 Å². The van der Waals surface area contributed by atoms with Crippen LogP contribution in [0.15, 0.2) is 17.0 Å². The molecule has 0 fully saturated rings. The maximum atomic E-state index is 11.3. The standard InChI is InChI=1S/C12H14N2O4S/c1-2-17-12(16)6-19-10-4-8-9(3-7(10)13)18-5-11(15)14-8/h3-4H,2,5-6,13H2,1H3,(H,14,15). The summed E-state index contributed by atoms with van der Waals surface area (Å²) in [5.74, 6) is 0.201. The van der Waals surface area contributed by atoms with Gasteiger partial charge in [-0.15, -0.1) is 11.8 Å². The molecule has 0 aromatic heterocycles. The fourth-order valence-electron chi connectivity index (χ4n) is 1.59. The van der Waals surface area contributed by atoms with Gasteiger partial charge in [0.25, 0.3) is 5.91 Å². The van der Waals surface area contributed by atoms with Gasteiger partial charge in [0, 0.05) is 16.6 Å². The van der Waals surface area contributed by atoms with Crippen molar-refractivity contribution in [2.75, 3.05) is 30.0 Å². The molecule has 1 aliphatic rings. The van der Waals surface area contributed by atoms with Crippen LogP contribution in [0.25, 0.3) is 0 Å². The summed E-state index contributed by atoms with van der Waals surface area (Å²) < 4.78 is 10.1. The average molecular weight is 282 g/mol. The zero-order valence-corrected chi connectivity index (χ0v) is 11.2. The molecule has 0 bridgehead atoms. The number of nitrogens with two attached hydrogens (primary N) is 1. The third-order valence-corrected chi connectivity index (χ3v) is 3.44. The highest BCUT2D eigenvalue weighted by atomic mass is 32.2. The second kappa shape index (κ2) is 5.83. The number of rotatable bonds is 4. The third-order valence-electron chi connectivity index (χ3n) is 2.40. The molecule has 0 saturated carbocycles. The van der Waals surface area contributed by atoms with Crippen molar-refractivity contribution in [3.05, 3.63) is 12.1 Å².